The molecule has 5 aliphatic rings. The number of aromatic nitrogens is 2. The largest absolute Gasteiger partial charge is 1.00 e. The molecule has 5 aliphatic carbocycles. The van der Waals surface area contributed by atoms with E-state index < -0.39 is 0 Å². The van der Waals surface area contributed by atoms with Crippen LogP contribution in [-0.2, 0) is 19.1 Å². The Morgan fingerprint density at radius 3 is 1.77 bits per heavy atom. The number of carbonyl (C=O) groups is 2. The van der Waals surface area contributed by atoms with Gasteiger partial charge in [0.25, 0.3) is 12.1 Å². The van der Waals surface area contributed by atoms with Crippen LogP contribution in [0, 0.1) is 56.7 Å². The molecule has 346 valence electrons. The summed E-state index contributed by atoms with van der Waals surface area (Å²) in [6, 6.07) is 7.62. The maximum Gasteiger partial charge on any atom is 0.376 e. The van der Waals surface area contributed by atoms with E-state index in [0.717, 1.165) is 43.5 Å². The van der Waals surface area contributed by atoms with E-state index in [-0.39, 0.29) is 91.2 Å². The molecule has 0 saturated heterocycles. The smallest absolute Gasteiger partial charge is 0.376 e. The first-order valence-electron chi connectivity index (χ1n) is 23.7. The number of carbonyl (C=O) groups excluding carboxylic acids is 2. The molecule has 2 heterocycles. The van der Waals surface area contributed by atoms with Crippen LogP contribution in [0.25, 0.3) is 0 Å². The van der Waals surface area contributed by atoms with Crippen molar-refractivity contribution in [2.75, 3.05) is 44.6 Å². The quantitative estimate of drug-likeness (QED) is 0.182. The summed E-state index contributed by atoms with van der Waals surface area (Å²) in [5.41, 5.74) is 4.00. The van der Waals surface area contributed by atoms with Gasteiger partial charge in [-0.05, 0) is 117 Å². The van der Waals surface area contributed by atoms with E-state index >= 15 is 0 Å². The van der Waals surface area contributed by atoms with Gasteiger partial charge in [-0.3, -0.25) is 0 Å². The second-order valence-corrected chi connectivity index (χ2v) is 22.1. The molecule has 0 aliphatic heterocycles. The highest BCUT2D eigenvalue weighted by atomic mass is 79.9. The van der Waals surface area contributed by atoms with Crippen molar-refractivity contribution in [2.24, 2.45) is 56.7 Å². The third-order valence-corrected chi connectivity index (χ3v) is 18.7. The van der Waals surface area contributed by atoms with Gasteiger partial charge in [0, 0.05) is 87.5 Å². The zero-order valence-corrected chi connectivity index (χ0v) is 43.5. The van der Waals surface area contributed by atoms with Crippen LogP contribution in [0.5, 0.6) is 0 Å². The van der Waals surface area contributed by atoms with Gasteiger partial charge in [-0.2, -0.15) is 9.13 Å². The normalized spacial score (nSPS) is 35.2. The van der Waals surface area contributed by atoms with E-state index in [1.807, 2.05) is 62.1 Å². The van der Waals surface area contributed by atoms with Crippen LogP contribution in [0.4, 0.5) is 11.4 Å². The number of hydrogen-bond donors (Lipinski definition) is 0. The lowest BCUT2D eigenvalue weighted by Gasteiger charge is -2.73. The molecule has 5 saturated carbocycles. The lowest BCUT2D eigenvalue weighted by Crippen LogP contribution is -3.00. The second-order valence-electron chi connectivity index (χ2n) is 22.1. The van der Waals surface area contributed by atoms with Crippen molar-refractivity contribution in [3.63, 3.8) is 0 Å². The summed E-state index contributed by atoms with van der Waals surface area (Å²) in [6.07, 6.45) is 20.8. The van der Waals surface area contributed by atoms with Gasteiger partial charge < -0.3 is 53.2 Å². The minimum Gasteiger partial charge on any atom is -1.00 e. The minimum absolute atomic E-state index is 0. The Bertz CT molecular complexity index is 1900. The molecule has 0 bridgehead atoms. The summed E-state index contributed by atoms with van der Waals surface area (Å²) in [6.45, 7) is 24.4. The van der Waals surface area contributed by atoms with Crippen LogP contribution >= 0.6 is 0 Å². The van der Waals surface area contributed by atoms with Crippen LogP contribution < -0.4 is 52.9 Å². The number of nitrogens with zero attached hydrogens (tertiary/aromatic N) is 4. The zero-order chi connectivity index (χ0) is 43.6. The Kier molecular flexibility index (Phi) is 15.3. The van der Waals surface area contributed by atoms with E-state index in [4.69, 9.17) is 9.47 Å². The summed E-state index contributed by atoms with van der Waals surface area (Å²) in [5, 5.41) is 0. The zero-order valence-electron chi connectivity index (χ0n) is 40.3. The molecule has 0 N–H and O–H groups in total. The Morgan fingerprint density at radius 1 is 0.710 bits per heavy atom. The number of rotatable bonds is 12. The van der Waals surface area contributed by atoms with E-state index in [2.05, 4.69) is 96.0 Å². The standard InChI is InChI=1S/C52H80N4O4.2BrH/c1-14-40(55-30-21-36(22-31-55)53(10)11)46(57)59-34-52-27-18-38(35(3)4)45(52)39-16-17-43-49(7)25-20-44(48(5,6)42(49)19-26-51(43,9)50(39,8)28-29-52)60-47(58)41(15-2)56-32-23-37(24-33-56)54(12)13;;/h21-24,30-33,38-45H,3,14-20,25-29,34H2,1-2,4-13H3;2*1H/q+2;;/p-2/t38-,39+,40?,41?,42-,43+,44-,45+,49-,50+,51+,52+;;/m0../s1. The summed E-state index contributed by atoms with van der Waals surface area (Å²) < 4.78 is 17.2. The maximum absolute atomic E-state index is 14.0. The first-order valence-corrected chi connectivity index (χ1v) is 23.7. The summed E-state index contributed by atoms with van der Waals surface area (Å²) in [5.74, 6) is 2.42. The average Bonchev–Trinajstić information content (AvgIpc) is 3.60. The van der Waals surface area contributed by atoms with Gasteiger partial charge in [-0.1, -0.05) is 60.6 Å². The number of ether oxygens (including phenoxy) is 2. The Balaban J connectivity index is 0.00000363. The van der Waals surface area contributed by atoms with Gasteiger partial charge in [-0.15, -0.1) is 0 Å². The number of fused-ring (bicyclic) bond motifs is 7. The fourth-order valence-electron chi connectivity index (χ4n) is 15.1. The van der Waals surface area contributed by atoms with Crippen molar-refractivity contribution in [2.45, 2.75) is 151 Å². The summed E-state index contributed by atoms with van der Waals surface area (Å²) in [7, 11) is 8.15. The van der Waals surface area contributed by atoms with Crippen molar-refractivity contribution in [3.05, 3.63) is 61.2 Å². The van der Waals surface area contributed by atoms with Crippen molar-refractivity contribution < 1.29 is 62.2 Å². The predicted molar refractivity (Wildman–Crippen MR) is 240 cm³/mol. The Morgan fingerprint density at radius 2 is 1.26 bits per heavy atom. The molecule has 2 aromatic rings. The number of esters is 2. The van der Waals surface area contributed by atoms with Crippen LogP contribution in [0.3, 0.4) is 0 Å². The molecule has 0 aromatic carbocycles. The maximum atomic E-state index is 14.0. The van der Waals surface area contributed by atoms with Gasteiger partial charge in [0.05, 0.1) is 6.61 Å². The van der Waals surface area contributed by atoms with Crippen molar-refractivity contribution in [1.29, 1.82) is 0 Å². The molecule has 5 fully saturated rings. The van der Waals surface area contributed by atoms with Gasteiger partial charge >= 0.3 is 11.9 Å². The molecule has 2 aromatic heterocycles. The van der Waals surface area contributed by atoms with E-state index in [9.17, 15) is 9.59 Å². The Hall–Kier alpha value is -2.46. The Labute approximate surface area is 396 Å². The first-order chi connectivity index (χ1) is 28.3. The number of halogens is 2. The first kappa shape index (κ1) is 50.5. The van der Waals surface area contributed by atoms with Gasteiger partial charge in [-0.25, -0.2) is 9.59 Å². The minimum atomic E-state index is -0.330. The lowest BCUT2D eigenvalue weighted by atomic mass is 9.32. The van der Waals surface area contributed by atoms with Crippen LogP contribution in [0.2, 0.25) is 0 Å². The van der Waals surface area contributed by atoms with E-state index in [1.165, 1.54) is 37.7 Å². The summed E-state index contributed by atoms with van der Waals surface area (Å²) >= 11 is 0. The molecule has 0 spiro atoms. The third-order valence-electron chi connectivity index (χ3n) is 18.7. The summed E-state index contributed by atoms with van der Waals surface area (Å²) in [4.78, 5) is 32.1. The number of hydrogen-bond acceptors (Lipinski definition) is 6. The molecule has 0 radical (unpaired) electrons. The molecule has 8 nitrogen and oxygen atoms in total. The highest BCUT2D eigenvalue weighted by molar-refractivity contribution is 5.73. The predicted octanol–water partition coefficient (Wildman–Crippen LogP) is 4.12. The SMILES string of the molecule is C=C(C)[C@@H]1CC[C@]2(COC(=O)C(CC)[n+]3ccc(N(C)C)cc3)CC[C@]3(C)[C@H](CC[C@@H]4[C@@]5(C)CC[C@H](OC(=O)C(CC)[n+]6ccc(N(C)C)cc6)C(C)(C)[C@@H]5CC[C@]43C)[C@@H]12.[Br-].[Br-]. The average molecular weight is 985 g/mol. The molecule has 10 heteroatoms. The van der Waals surface area contributed by atoms with E-state index in [0.29, 0.717) is 49.0 Å². The number of allylic oxidation sites excluding steroid dienone is 1. The molecule has 7 rings (SSSR count). The highest BCUT2D eigenvalue weighted by Crippen LogP contribution is 2.77. The van der Waals surface area contributed by atoms with Gasteiger partial charge in [0.1, 0.15) is 6.10 Å². The monoisotopic (exact) mass is 982 g/mol. The molecule has 62 heavy (non-hydrogen) atoms. The highest BCUT2D eigenvalue weighted by Gasteiger charge is 2.71. The van der Waals surface area contributed by atoms with Crippen LogP contribution in [-0.4, -0.2) is 52.8 Å². The lowest BCUT2D eigenvalue weighted by molar-refractivity contribution is -0.711. The second kappa shape index (κ2) is 18.8. The van der Waals surface area contributed by atoms with Crippen LogP contribution in [0.15, 0.2) is 61.2 Å². The number of pyridine rings is 2. The molecular weight excluding hydrogens is 904 g/mol. The van der Waals surface area contributed by atoms with E-state index in [1.54, 1.807) is 0 Å². The topological polar surface area (TPSA) is 66.8 Å². The fraction of sp³-hybridized carbons (Fsp3) is 0.731. The number of anilines is 2. The molecular formula is C52H80Br2N4O4. The van der Waals surface area contributed by atoms with Gasteiger partial charge in [0.2, 0.25) is 0 Å². The third kappa shape index (κ3) is 8.34. The van der Waals surface area contributed by atoms with Crippen molar-refractivity contribution >= 4 is 23.3 Å². The fourth-order valence-corrected chi connectivity index (χ4v) is 15.1. The van der Waals surface area contributed by atoms with Crippen molar-refractivity contribution in [3.8, 4) is 0 Å². The van der Waals surface area contributed by atoms with Crippen LogP contribution in [0.1, 0.15) is 145 Å². The van der Waals surface area contributed by atoms with Gasteiger partial charge in [0.15, 0.2) is 24.8 Å². The molecule has 0 amide bonds. The molecule has 2 unspecified atom stereocenters. The molecule has 12 atom stereocenters. The van der Waals surface area contributed by atoms with Crippen molar-refractivity contribution in [1.82, 2.24) is 0 Å².